The maximum atomic E-state index is 6.46. The second-order valence-corrected chi connectivity index (χ2v) is 7.23. The maximum Gasteiger partial charge on any atom is 0.0721 e. The van der Waals surface area contributed by atoms with Gasteiger partial charge in [-0.2, -0.15) is 0 Å². The number of halogens is 1. The highest BCUT2D eigenvalue weighted by molar-refractivity contribution is 6.31. The molecule has 1 N–H and O–H groups in total. The second kappa shape index (κ2) is 6.99. The molecule has 1 aliphatic rings. The van der Waals surface area contributed by atoms with Crippen molar-refractivity contribution in [3.8, 4) is 0 Å². The molecule has 2 rings (SSSR count). The van der Waals surface area contributed by atoms with Gasteiger partial charge in [0.1, 0.15) is 0 Å². The highest BCUT2D eigenvalue weighted by Crippen LogP contribution is 2.29. The van der Waals surface area contributed by atoms with E-state index in [4.69, 9.17) is 16.3 Å². The minimum absolute atomic E-state index is 0.0750. The molecule has 4 heteroatoms. The third-order valence-corrected chi connectivity index (χ3v) is 4.04. The van der Waals surface area contributed by atoms with E-state index in [1.165, 1.54) is 11.3 Å². The molecule has 118 valence electrons. The molecule has 1 saturated heterocycles. The van der Waals surface area contributed by atoms with E-state index in [-0.39, 0.29) is 11.6 Å². The lowest BCUT2D eigenvalue weighted by Crippen LogP contribution is -2.36. The molecule has 3 nitrogen and oxygen atoms in total. The Morgan fingerprint density at radius 3 is 2.86 bits per heavy atom. The standard InChI is InChI=1S/C17H27ClN2O/c1-13-12-20(9-6-10-21-13)16-8-5-7-15(18)14(16)11-19-17(2,3)4/h5,7-8,13,19H,6,9-12H2,1-4H3. The third-order valence-electron chi connectivity index (χ3n) is 3.68. The van der Waals surface area contributed by atoms with Gasteiger partial charge in [-0.25, -0.2) is 0 Å². The first-order chi connectivity index (χ1) is 9.87. The van der Waals surface area contributed by atoms with Crippen molar-refractivity contribution in [2.75, 3.05) is 24.6 Å². The molecular formula is C17H27ClN2O. The van der Waals surface area contributed by atoms with Gasteiger partial charge in [0.15, 0.2) is 0 Å². The molecule has 1 aromatic carbocycles. The molecular weight excluding hydrogens is 284 g/mol. The largest absolute Gasteiger partial charge is 0.377 e. The van der Waals surface area contributed by atoms with E-state index in [9.17, 15) is 0 Å². The molecule has 1 aromatic rings. The van der Waals surface area contributed by atoms with Crippen LogP contribution in [0.1, 0.15) is 39.7 Å². The Labute approximate surface area is 133 Å². The normalized spacial score (nSPS) is 20.4. The first kappa shape index (κ1) is 16.6. The molecule has 1 atom stereocenters. The molecule has 21 heavy (non-hydrogen) atoms. The summed E-state index contributed by atoms with van der Waals surface area (Å²) in [5, 5.41) is 4.38. The molecule has 1 unspecified atom stereocenters. The predicted octanol–water partition coefficient (Wildman–Crippen LogP) is 3.84. The number of nitrogens with one attached hydrogen (secondary N) is 1. The fourth-order valence-electron chi connectivity index (χ4n) is 2.59. The molecule has 0 bridgehead atoms. The van der Waals surface area contributed by atoms with Crippen LogP contribution in [0.25, 0.3) is 0 Å². The number of rotatable bonds is 3. The SMILES string of the molecule is CC1CN(c2cccc(Cl)c2CNC(C)(C)C)CCCO1. The molecule has 0 aliphatic carbocycles. The number of hydrogen-bond acceptors (Lipinski definition) is 3. The summed E-state index contributed by atoms with van der Waals surface area (Å²) in [5.41, 5.74) is 2.49. The summed E-state index contributed by atoms with van der Waals surface area (Å²) in [6.45, 7) is 12.2. The number of anilines is 1. The number of ether oxygens (including phenoxy) is 1. The van der Waals surface area contributed by atoms with Gasteiger partial charge in [-0.05, 0) is 46.2 Å². The van der Waals surface area contributed by atoms with Gasteiger partial charge in [0, 0.05) is 48.1 Å². The van der Waals surface area contributed by atoms with Crippen molar-refractivity contribution in [1.82, 2.24) is 5.32 Å². The van der Waals surface area contributed by atoms with Crippen LogP contribution in [0.3, 0.4) is 0 Å². The van der Waals surface area contributed by atoms with Gasteiger partial charge in [0.2, 0.25) is 0 Å². The minimum Gasteiger partial charge on any atom is -0.377 e. The van der Waals surface area contributed by atoms with Gasteiger partial charge in [0.05, 0.1) is 6.10 Å². The Morgan fingerprint density at radius 2 is 2.14 bits per heavy atom. The van der Waals surface area contributed by atoms with Crippen LogP contribution in [0.5, 0.6) is 0 Å². The fraction of sp³-hybridized carbons (Fsp3) is 0.647. The summed E-state index contributed by atoms with van der Waals surface area (Å²) in [6, 6.07) is 6.18. The van der Waals surface area contributed by atoms with Crippen LogP contribution in [-0.2, 0) is 11.3 Å². The van der Waals surface area contributed by atoms with Crippen molar-refractivity contribution in [3.63, 3.8) is 0 Å². The van der Waals surface area contributed by atoms with Gasteiger partial charge in [-0.3, -0.25) is 0 Å². The molecule has 0 saturated carbocycles. The Bertz CT molecular complexity index is 470. The van der Waals surface area contributed by atoms with Crippen molar-refractivity contribution in [2.45, 2.75) is 52.3 Å². The molecule has 1 aliphatic heterocycles. The monoisotopic (exact) mass is 310 g/mol. The number of benzene rings is 1. The summed E-state index contributed by atoms with van der Waals surface area (Å²) in [6.07, 6.45) is 1.32. The Morgan fingerprint density at radius 1 is 1.38 bits per heavy atom. The molecule has 1 fully saturated rings. The van der Waals surface area contributed by atoms with Crippen molar-refractivity contribution >= 4 is 17.3 Å². The quantitative estimate of drug-likeness (QED) is 0.918. The lowest BCUT2D eigenvalue weighted by atomic mass is 10.1. The fourth-order valence-corrected chi connectivity index (χ4v) is 2.82. The number of nitrogens with zero attached hydrogens (tertiary/aromatic N) is 1. The van der Waals surface area contributed by atoms with Crippen LogP contribution in [0.4, 0.5) is 5.69 Å². The Hall–Kier alpha value is -0.770. The summed E-state index contributed by atoms with van der Waals surface area (Å²) < 4.78 is 5.75. The van der Waals surface area contributed by atoms with Crippen LogP contribution in [0, 0.1) is 0 Å². The highest BCUT2D eigenvalue weighted by Gasteiger charge is 2.20. The van der Waals surface area contributed by atoms with E-state index < -0.39 is 0 Å². The molecule has 0 aromatic heterocycles. The van der Waals surface area contributed by atoms with Gasteiger partial charge >= 0.3 is 0 Å². The summed E-state index contributed by atoms with van der Waals surface area (Å²) in [5.74, 6) is 0. The number of hydrogen-bond donors (Lipinski definition) is 1. The van der Waals surface area contributed by atoms with Crippen LogP contribution in [0.15, 0.2) is 18.2 Å². The molecule has 0 spiro atoms. The first-order valence-electron chi connectivity index (χ1n) is 7.76. The predicted molar refractivity (Wildman–Crippen MR) is 90.3 cm³/mol. The van der Waals surface area contributed by atoms with E-state index in [0.29, 0.717) is 0 Å². The van der Waals surface area contributed by atoms with E-state index in [2.05, 4.69) is 44.0 Å². The maximum absolute atomic E-state index is 6.46. The van der Waals surface area contributed by atoms with Crippen LogP contribution >= 0.6 is 11.6 Å². The zero-order valence-corrected chi connectivity index (χ0v) is 14.3. The van der Waals surface area contributed by atoms with Crippen molar-refractivity contribution in [2.24, 2.45) is 0 Å². The van der Waals surface area contributed by atoms with E-state index in [1.54, 1.807) is 0 Å². The zero-order chi connectivity index (χ0) is 15.5. The zero-order valence-electron chi connectivity index (χ0n) is 13.6. The van der Waals surface area contributed by atoms with Crippen molar-refractivity contribution in [3.05, 3.63) is 28.8 Å². The van der Waals surface area contributed by atoms with Gasteiger partial charge in [-0.15, -0.1) is 0 Å². The third kappa shape index (κ3) is 4.87. The minimum atomic E-state index is 0.0750. The second-order valence-electron chi connectivity index (χ2n) is 6.82. The molecule has 0 radical (unpaired) electrons. The average molecular weight is 311 g/mol. The van der Waals surface area contributed by atoms with Gasteiger partial charge in [0.25, 0.3) is 0 Å². The molecule has 0 amide bonds. The lowest BCUT2D eigenvalue weighted by Gasteiger charge is -2.29. The van der Waals surface area contributed by atoms with E-state index >= 15 is 0 Å². The van der Waals surface area contributed by atoms with Gasteiger partial charge < -0.3 is 15.0 Å². The molecule has 1 heterocycles. The topological polar surface area (TPSA) is 24.5 Å². The van der Waals surface area contributed by atoms with Gasteiger partial charge in [-0.1, -0.05) is 17.7 Å². The van der Waals surface area contributed by atoms with Crippen LogP contribution in [-0.4, -0.2) is 31.3 Å². The summed E-state index contributed by atoms with van der Waals surface area (Å²) >= 11 is 6.46. The lowest BCUT2D eigenvalue weighted by molar-refractivity contribution is 0.0821. The average Bonchev–Trinajstić information content (AvgIpc) is 2.60. The first-order valence-corrected chi connectivity index (χ1v) is 8.13. The van der Waals surface area contributed by atoms with Crippen LogP contribution in [0.2, 0.25) is 5.02 Å². The van der Waals surface area contributed by atoms with E-state index in [1.807, 2.05) is 12.1 Å². The highest BCUT2D eigenvalue weighted by atomic mass is 35.5. The van der Waals surface area contributed by atoms with Crippen molar-refractivity contribution < 1.29 is 4.74 Å². The Kier molecular flexibility index (Phi) is 5.53. The smallest absolute Gasteiger partial charge is 0.0721 e. The van der Waals surface area contributed by atoms with E-state index in [0.717, 1.165) is 37.7 Å². The summed E-state index contributed by atoms with van der Waals surface area (Å²) in [4.78, 5) is 2.41. The van der Waals surface area contributed by atoms with Crippen LogP contribution < -0.4 is 10.2 Å². The van der Waals surface area contributed by atoms with Crippen molar-refractivity contribution in [1.29, 1.82) is 0 Å². The Balaban J connectivity index is 2.23. The summed E-state index contributed by atoms with van der Waals surface area (Å²) in [7, 11) is 0.